The molecule has 0 spiro atoms. The molecule has 0 aliphatic carbocycles. The molecular formula is C23H26FN7O6. The van der Waals surface area contributed by atoms with E-state index >= 15 is 0 Å². The van der Waals surface area contributed by atoms with Crippen molar-refractivity contribution in [3.63, 3.8) is 0 Å². The maximum Gasteiger partial charge on any atom is 0.409 e. The SMILES string of the molecule is CCN(CC)c1cc(OC)c(Nc2ncc(F)c(Nc3cc(OC(N)=O)ccc3OC)n2)cc1[N+](=O)[O-]. The monoisotopic (exact) mass is 515 g/mol. The zero-order valence-electron chi connectivity index (χ0n) is 20.6. The van der Waals surface area contributed by atoms with E-state index in [-0.39, 0.29) is 34.6 Å². The van der Waals surface area contributed by atoms with Crippen LogP contribution in [0.1, 0.15) is 13.8 Å². The van der Waals surface area contributed by atoms with Gasteiger partial charge in [0.1, 0.15) is 22.9 Å². The van der Waals surface area contributed by atoms with E-state index in [1.807, 2.05) is 18.7 Å². The molecule has 3 rings (SSSR count). The standard InChI is InChI=1S/C23H26FN7O6/c1-5-30(6-2)17-11-20(36-4)16(10-18(17)31(33)34)28-23-26-12-14(24)21(29-23)27-15-9-13(37-22(25)32)7-8-19(15)35-3/h7-12H,5-6H2,1-4H3,(H2,25,32)(H2,26,27,28,29). The van der Waals surface area contributed by atoms with Gasteiger partial charge in [0.05, 0.1) is 36.7 Å². The number of aromatic nitrogens is 2. The highest BCUT2D eigenvalue weighted by Crippen LogP contribution is 2.39. The molecule has 3 aromatic rings. The van der Waals surface area contributed by atoms with E-state index in [0.29, 0.717) is 30.3 Å². The third-order valence-corrected chi connectivity index (χ3v) is 5.23. The van der Waals surface area contributed by atoms with Crippen molar-refractivity contribution in [1.29, 1.82) is 0 Å². The molecule has 0 saturated heterocycles. The smallest absolute Gasteiger partial charge is 0.409 e. The summed E-state index contributed by atoms with van der Waals surface area (Å²) in [5.74, 6) is -0.435. The van der Waals surface area contributed by atoms with Gasteiger partial charge < -0.3 is 35.5 Å². The van der Waals surface area contributed by atoms with E-state index in [9.17, 15) is 19.3 Å². The Morgan fingerprint density at radius 2 is 1.78 bits per heavy atom. The fourth-order valence-electron chi connectivity index (χ4n) is 3.52. The maximum absolute atomic E-state index is 14.6. The number of carbonyl (C=O) groups is 1. The van der Waals surface area contributed by atoms with Gasteiger partial charge in [-0.3, -0.25) is 10.1 Å². The van der Waals surface area contributed by atoms with Crippen LogP contribution < -0.4 is 35.5 Å². The molecule has 0 atom stereocenters. The Kier molecular flexibility index (Phi) is 8.45. The first-order chi connectivity index (χ1) is 17.7. The van der Waals surface area contributed by atoms with Gasteiger partial charge in [-0.25, -0.2) is 14.2 Å². The van der Waals surface area contributed by atoms with E-state index in [1.165, 1.54) is 38.5 Å². The van der Waals surface area contributed by atoms with Crippen LogP contribution in [0.15, 0.2) is 36.5 Å². The predicted molar refractivity (Wildman–Crippen MR) is 135 cm³/mol. The third kappa shape index (κ3) is 6.22. The number of primary amides is 1. The summed E-state index contributed by atoms with van der Waals surface area (Å²) in [4.78, 5) is 32.3. The summed E-state index contributed by atoms with van der Waals surface area (Å²) in [5, 5.41) is 17.4. The minimum absolute atomic E-state index is 0.0735. The summed E-state index contributed by atoms with van der Waals surface area (Å²) >= 11 is 0. The van der Waals surface area contributed by atoms with Crippen LogP contribution >= 0.6 is 0 Å². The van der Waals surface area contributed by atoms with Crippen LogP contribution in [0.4, 0.5) is 43.7 Å². The first-order valence-corrected chi connectivity index (χ1v) is 11.0. The number of methoxy groups -OCH3 is 2. The van der Waals surface area contributed by atoms with Crippen molar-refractivity contribution >= 4 is 40.6 Å². The second kappa shape index (κ2) is 11.7. The summed E-state index contributed by atoms with van der Waals surface area (Å²) in [6.07, 6.45) is -0.107. The summed E-state index contributed by atoms with van der Waals surface area (Å²) in [7, 11) is 2.82. The Hall–Kier alpha value is -4.88. The van der Waals surface area contributed by atoms with E-state index in [4.69, 9.17) is 19.9 Å². The predicted octanol–water partition coefficient (Wildman–Crippen LogP) is 4.33. The Morgan fingerprint density at radius 1 is 1.11 bits per heavy atom. The van der Waals surface area contributed by atoms with Gasteiger partial charge in [0.2, 0.25) is 5.95 Å². The second-order valence-corrected chi connectivity index (χ2v) is 7.39. The van der Waals surface area contributed by atoms with Gasteiger partial charge in [0.15, 0.2) is 11.6 Å². The van der Waals surface area contributed by atoms with Gasteiger partial charge in [-0.15, -0.1) is 0 Å². The van der Waals surface area contributed by atoms with Crippen molar-refractivity contribution < 1.29 is 28.3 Å². The first-order valence-electron chi connectivity index (χ1n) is 11.0. The number of carbonyl (C=O) groups excluding carboxylic acids is 1. The van der Waals surface area contributed by atoms with Crippen LogP contribution in [0.25, 0.3) is 0 Å². The molecular weight excluding hydrogens is 489 g/mol. The maximum atomic E-state index is 14.6. The van der Waals surface area contributed by atoms with Gasteiger partial charge in [-0.1, -0.05) is 0 Å². The van der Waals surface area contributed by atoms with Crippen LogP contribution in [0.5, 0.6) is 17.2 Å². The summed E-state index contributed by atoms with van der Waals surface area (Å²) in [5.41, 5.74) is 5.73. The average molecular weight is 516 g/mol. The number of anilines is 5. The number of ether oxygens (including phenoxy) is 3. The number of nitro benzene ring substituents is 1. The molecule has 13 nitrogen and oxygen atoms in total. The van der Waals surface area contributed by atoms with Crippen LogP contribution in [0, 0.1) is 15.9 Å². The third-order valence-electron chi connectivity index (χ3n) is 5.23. The number of amides is 1. The fourth-order valence-corrected chi connectivity index (χ4v) is 3.52. The molecule has 0 aliphatic heterocycles. The van der Waals surface area contributed by atoms with Crippen molar-refractivity contribution in [2.24, 2.45) is 5.73 Å². The number of nitrogens with two attached hydrogens (primary N) is 1. The largest absolute Gasteiger partial charge is 0.495 e. The van der Waals surface area contributed by atoms with E-state index in [1.54, 1.807) is 6.07 Å². The fraction of sp³-hybridized carbons (Fsp3) is 0.261. The molecule has 0 aliphatic rings. The van der Waals surface area contributed by atoms with Crippen LogP contribution in [0.3, 0.4) is 0 Å². The Labute approximate surface area is 211 Å². The van der Waals surface area contributed by atoms with Crippen molar-refractivity contribution in [2.75, 3.05) is 42.8 Å². The summed E-state index contributed by atoms with van der Waals surface area (Å²) in [6.45, 7) is 4.88. The number of nitrogens with one attached hydrogen (secondary N) is 2. The zero-order valence-corrected chi connectivity index (χ0v) is 20.6. The van der Waals surface area contributed by atoms with Gasteiger partial charge in [0, 0.05) is 31.3 Å². The number of nitrogens with zero attached hydrogens (tertiary/aromatic N) is 4. The summed E-state index contributed by atoms with van der Waals surface area (Å²) < 4.78 is 30.1. The lowest BCUT2D eigenvalue weighted by Crippen LogP contribution is -2.23. The topological polar surface area (TPSA) is 167 Å². The molecule has 14 heteroatoms. The van der Waals surface area contributed by atoms with Crippen LogP contribution in [-0.4, -0.2) is 48.3 Å². The van der Waals surface area contributed by atoms with Gasteiger partial charge >= 0.3 is 6.09 Å². The molecule has 0 radical (unpaired) electrons. The highest BCUT2D eigenvalue weighted by Gasteiger charge is 2.23. The molecule has 0 bridgehead atoms. The first kappa shape index (κ1) is 26.7. The lowest BCUT2D eigenvalue weighted by Gasteiger charge is -2.22. The van der Waals surface area contributed by atoms with Gasteiger partial charge in [-0.2, -0.15) is 4.98 Å². The molecule has 0 fully saturated rings. The molecule has 4 N–H and O–H groups in total. The van der Waals surface area contributed by atoms with Crippen LogP contribution in [-0.2, 0) is 0 Å². The molecule has 2 aromatic carbocycles. The molecule has 0 unspecified atom stereocenters. The lowest BCUT2D eigenvalue weighted by atomic mass is 10.2. The molecule has 1 amide bonds. The Morgan fingerprint density at radius 3 is 2.38 bits per heavy atom. The van der Waals surface area contributed by atoms with Crippen molar-refractivity contribution in [2.45, 2.75) is 13.8 Å². The van der Waals surface area contributed by atoms with Crippen molar-refractivity contribution in [3.05, 3.63) is 52.5 Å². The average Bonchev–Trinajstić information content (AvgIpc) is 2.86. The van der Waals surface area contributed by atoms with E-state index in [0.717, 1.165) is 6.20 Å². The molecule has 1 aromatic heterocycles. The second-order valence-electron chi connectivity index (χ2n) is 7.39. The number of nitro groups is 1. The Balaban J connectivity index is 1.98. The minimum atomic E-state index is -1.02. The number of halogens is 1. The summed E-state index contributed by atoms with van der Waals surface area (Å²) in [6, 6.07) is 7.15. The van der Waals surface area contributed by atoms with Gasteiger partial charge in [-0.05, 0) is 26.0 Å². The number of rotatable bonds is 11. The molecule has 196 valence electrons. The lowest BCUT2D eigenvalue weighted by molar-refractivity contribution is -0.384. The normalized spacial score (nSPS) is 10.4. The molecule has 0 saturated carbocycles. The highest BCUT2D eigenvalue weighted by atomic mass is 19.1. The van der Waals surface area contributed by atoms with Crippen molar-refractivity contribution in [1.82, 2.24) is 9.97 Å². The van der Waals surface area contributed by atoms with Crippen molar-refractivity contribution in [3.8, 4) is 17.2 Å². The Bertz CT molecular complexity index is 1300. The number of hydrogen-bond acceptors (Lipinski definition) is 11. The van der Waals surface area contributed by atoms with E-state index in [2.05, 4.69) is 20.6 Å². The number of benzene rings is 2. The van der Waals surface area contributed by atoms with E-state index < -0.39 is 16.8 Å². The molecule has 1 heterocycles. The quantitative estimate of drug-likeness (QED) is 0.245. The molecule has 37 heavy (non-hydrogen) atoms. The van der Waals surface area contributed by atoms with Crippen LogP contribution in [0.2, 0.25) is 0 Å². The highest BCUT2D eigenvalue weighted by molar-refractivity contribution is 5.77. The van der Waals surface area contributed by atoms with Gasteiger partial charge in [0.25, 0.3) is 5.69 Å². The number of hydrogen-bond donors (Lipinski definition) is 3. The minimum Gasteiger partial charge on any atom is -0.495 e. The zero-order chi connectivity index (χ0) is 27.1.